The highest BCUT2D eigenvalue weighted by atomic mass is 127. The summed E-state index contributed by atoms with van der Waals surface area (Å²) in [6, 6.07) is 11.5. The molecule has 1 heterocycles. The van der Waals surface area contributed by atoms with Crippen LogP contribution in [0.25, 0.3) is 0 Å². The minimum absolute atomic E-state index is 0.143. The van der Waals surface area contributed by atoms with Gasteiger partial charge in [-0.1, -0.05) is 42.0 Å². The standard InChI is InChI=1S/C25H19ClI2N2O3/c26-18-4-2-1-3-13(18)11-33-23-19(27)7-12(8-20(23)28)10-29-30-24(31)21-14-5-6-15(17-9-16(14)17)22(21)25(30)32/h1-8,10,14-17,21-22H,9,11H2/t14-,15-,16-,17+,21+,22+/m0/s1. The van der Waals surface area contributed by atoms with Crippen LogP contribution >= 0.6 is 56.8 Å². The molecule has 5 aliphatic rings. The van der Waals surface area contributed by atoms with Crippen LogP contribution in [-0.2, 0) is 16.2 Å². The monoisotopic (exact) mass is 684 g/mol. The molecule has 0 N–H and O–H groups in total. The smallest absolute Gasteiger partial charge is 0.254 e. The molecule has 6 atom stereocenters. The van der Waals surface area contributed by atoms with Gasteiger partial charge < -0.3 is 4.74 Å². The number of ether oxygens (including phenoxy) is 1. The molecule has 2 aromatic rings. The van der Waals surface area contributed by atoms with E-state index in [0.29, 0.717) is 23.5 Å². The summed E-state index contributed by atoms with van der Waals surface area (Å²) in [5, 5.41) is 6.14. The zero-order chi connectivity index (χ0) is 22.9. The molecular weight excluding hydrogens is 666 g/mol. The third-order valence-corrected chi connectivity index (χ3v) is 9.28. The largest absolute Gasteiger partial charge is 0.487 e. The summed E-state index contributed by atoms with van der Waals surface area (Å²) in [7, 11) is 0. The molecule has 1 aliphatic heterocycles. The zero-order valence-corrected chi connectivity index (χ0v) is 22.4. The summed E-state index contributed by atoms with van der Waals surface area (Å²) in [6.45, 7) is 0.372. The van der Waals surface area contributed by atoms with Crippen molar-refractivity contribution < 1.29 is 14.3 Å². The third kappa shape index (κ3) is 3.65. The Balaban J connectivity index is 1.19. The molecule has 2 amide bonds. The van der Waals surface area contributed by atoms with E-state index in [4.69, 9.17) is 16.3 Å². The maximum atomic E-state index is 13.1. The molecule has 0 aromatic heterocycles. The molecule has 0 unspecified atom stereocenters. The first-order chi connectivity index (χ1) is 15.9. The molecule has 4 aliphatic carbocycles. The van der Waals surface area contributed by atoms with Crippen LogP contribution in [0.5, 0.6) is 5.75 Å². The lowest BCUT2D eigenvalue weighted by atomic mass is 9.63. The lowest BCUT2D eigenvalue weighted by Crippen LogP contribution is -2.40. The Kier molecular flexibility index (Phi) is 5.57. The second kappa shape index (κ2) is 8.34. The Morgan fingerprint density at radius 1 is 1.03 bits per heavy atom. The van der Waals surface area contributed by atoms with Crippen LogP contribution < -0.4 is 4.74 Å². The van der Waals surface area contributed by atoms with Crippen LogP contribution in [0.15, 0.2) is 53.7 Å². The summed E-state index contributed by atoms with van der Waals surface area (Å²) >= 11 is 10.7. The van der Waals surface area contributed by atoms with Crippen molar-refractivity contribution in [3.05, 3.63) is 71.8 Å². The van der Waals surface area contributed by atoms with E-state index in [2.05, 4.69) is 62.4 Å². The van der Waals surface area contributed by atoms with E-state index in [1.165, 1.54) is 0 Å². The van der Waals surface area contributed by atoms with Crippen molar-refractivity contribution in [1.29, 1.82) is 0 Å². The molecule has 1 saturated heterocycles. The molecular formula is C25H19ClI2N2O3. The molecule has 0 spiro atoms. The Morgan fingerprint density at radius 3 is 2.24 bits per heavy atom. The second-order valence-corrected chi connectivity index (χ2v) is 11.8. The second-order valence-electron chi connectivity index (χ2n) is 9.08. The highest BCUT2D eigenvalue weighted by Gasteiger charge is 2.67. The molecule has 168 valence electrons. The first kappa shape index (κ1) is 22.0. The predicted octanol–water partition coefficient (Wildman–Crippen LogP) is 5.52. The fourth-order valence-electron chi connectivity index (χ4n) is 5.74. The van der Waals surface area contributed by atoms with Crippen LogP contribution in [0.2, 0.25) is 5.02 Å². The normalized spacial score (nSPS) is 31.3. The maximum absolute atomic E-state index is 13.1. The van der Waals surface area contributed by atoms with E-state index < -0.39 is 0 Å². The average molecular weight is 685 g/mol. The number of rotatable bonds is 5. The number of allylic oxidation sites excluding steroid dienone is 2. The summed E-state index contributed by atoms with van der Waals surface area (Å²) < 4.78 is 7.88. The average Bonchev–Trinajstić information content (AvgIpc) is 3.57. The Bertz CT molecular complexity index is 1190. The minimum Gasteiger partial charge on any atom is -0.487 e. The van der Waals surface area contributed by atoms with Gasteiger partial charge in [0, 0.05) is 10.6 Å². The van der Waals surface area contributed by atoms with Crippen molar-refractivity contribution >= 4 is 74.8 Å². The minimum atomic E-state index is -0.228. The van der Waals surface area contributed by atoms with Gasteiger partial charge in [0.05, 0.1) is 25.2 Å². The molecule has 2 aromatic carbocycles. The van der Waals surface area contributed by atoms with E-state index in [-0.39, 0.29) is 35.5 Å². The van der Waals surface area contributed by atoms with Crippen LogP contribution in [0.4, 0.5) is 0 Å². The van der Waals surface area contributed by atoms with Gasteiger partial charge in [0.25, 0.3) is 11.8 Å². The predicted molar refractivity (Wildman–Crippen MR) is 142 cm³/mol. The van der Waals surface area contributed by atoms with Gasteiger partial charge in [0.15, 0.2) is 0 Å². The van der Waals surface area contributed by atoms with E-state index >= 15 is 0 Å². The molecule has 0 radical (unpaired) electrons. The number of carbonyl (C=O) groups is 2. The van der Waals surface area contributed by atoms with Gasteiger partial charge in [-0.2, -0.15) is 10.1 Å². The number of halogens is 3. The van der Waals surface area contributed by atoms with Crippen molar-refractivity contribution in [2.45, 2.75) is 13.0 Å². The number of hydrogen-bond donors (Lipinski definition) is 0. The first-order valence-corrected chi connectivity index (χ1v) is 13.4. The number of nitrogens with zero attached hydrogens (tertiary/aromatic N) is 2. The summed E-state index contributed by atoms with van der Waals surface area (Å²) in [5.41, 5.74) is 1.73. The highest BCUT2D eigenvalue weighted by Crippen LogP contribution is 2.65. The Hall–Kier alpha value is -1.46. The fraction of sp³-hybridized carbons (Fsp3) is 0.320. The van der Waals surface area contributed by atoms with Crippen LogP contribution in [-0.4, -0.2) is 23.0 Å². The number of imide groups is 1. The van der Waals surface area contributed by atoms with Crippen LogP contribution in [0.3, 0.4) is 0 Å². The summed E-state index contributed by atoms with van der Waals surface area (Å²) in [6.07, 6.45) is 7.10. The Labute approximate surface area is 223 Å². The highest BCUT2D eigenvalue weighted by molar-refractivity contribution is 14.1. The maximum Gasteiger partial charge on any atom is 0.254 e. The SMILES string of the molecule is O=C1[C@@H]2[C@H]3C=C[C@@H]([C@@H]4C[C@H]34)[C@H]2C(=O)N1N=Cc1cc(I)c(OCc2ccccc2Cl)c(I)c1. The topological polar surface area (TPSA) is 59.0 Å². The van der Waals surface area contributed by atoms with Gasteiger partial charge >= 0.3 is 0 Å². The van der Waals surface area contributed by atoms with Gasteiger partial charge in [-0.15, -0.1) is 0 Å². The zero-order valence-electron chi connectivity index (χ0n) is 17.3. The number of hydrogen-bond acceptors (Lipinski definition) is 4. The lowest BCUT2D eigenvalue weighted by molar-refractivity contribution is -0.140. The molecule has 7 rings (SSSR count). The van der Waals surface area contributed by atoms with Crippen molar-refractivity contribution in [2.75, 3.05) is 0 Å². The first-order valence-electron chi connectivity index (χ1n) is 10.9. The van der Waals surface area contributed by atoms with Gasteiger partial charge in [0.2, 0.25) is 0 Å². The van der Waals surface area contributed by atoms with E-state index in [0.717, 1.165) is 35.4 Å². The van der Waals surface area contributed by atoms with Crippen LogP contribution in [0.1, 0.15) is 17.5 Å². The van der Waals surface area contributed by atoms with E-state index in [1.807, 2.05) is 36.4 Å². The molecule has 2 saturated carbocycles. The molecule has 8 heteroatoms. The number of carbonyl (C=O) groups excluding carboxylic acids is 2. The third-order valence-electron chi connectivity index (χ3n) is 7.31. The van der Waals surface area contributed by atoms with Crippen molar-refractivity contribution in [3.63, 3.8) is 0 Å². The van der Waals surface area contributed by atoms with Gasteiger partial charge in [-0.3, -0.25) is 9.59 Å². The number of benzene rings is 2. The Morgan fingerprint density at radius 2 is 1.64 bits per heavy atom. The van der Waals surface area contributed by atoms with Crippen molar-refractivity contribution in [1.82, 2.24) is 5.01 Å². The van der Waals surface area contributed by atoms with Crippen molar-refractivity contribution in [3.8, 4) is 5.75 Å². The lowest BCUT2D eigenvalue weighted by Gasteiger charge is -2.37. The molecule has 33 heavy (non-hydrogen) atoms. The van der Waals surface area contributed by atoms with E-state index in [9.17, 15) is 9.59 Å². The van der Waals surface area contributed by atoms with Crippen LogP contribution in [0, 0.1) is 42.6 Å². The molecule has 2 bridgehead atoms. The van der Waals surface area contributed by atoms with E-state index in [1.54, 1.807) is 6.21 Å². The molecule has 5 nitrogen and oxygen atoms in total. The summed E-state index contributed by atoms with van der Waals surface area (Å²) in [5.74, 6) is 1.62. The number of hydrazone groups is 1. The van der Waals surface area contributed by atoms with Crippen molar-refractivity contribution in [2.24, 2.45) is 40.6 Å². The summed E-state index contributed by atoms with van der Waals surface area (Å²) in [4.78, 5) is 26.2. The van der Waals surface area contributed by atoms with Gasteiger partial charge in [-0.25, -0.2) is 0 Å². The van der Waals surface area contributed by atoms with Gasteiger partial charge in [0.1, 0.15) is 12.4 Å². The molecule has 3 fully saturated rings. The quantitative estimate of drug-likeness (QED) is 0.181. The fourth-order valence-corrected chi connectivity index (χ4v) is 8.05. The number of amides is 2. The van der Waals surface area contributed by atoms with Gasteiger partial charge in [-0.05, 0) is 99.0 Å².